The van der Waals surface area contributed by atoms with Crippen molar-refractivity contribution in [2.24, 2.45) is 0 Å². The molecule has 1 saturated heterocycles. The van der Waals surface area contributed by atoms with Crippen molar-refractivity contribution in [2.75, 3.05) is 13.3 Å². The molecule has 0 N–H and O–H groups in total. The predicted molar refractivity (Wildman–Crippen MR) is 49.6 cm³/mol. The van der Waals surface area contributed by atoms with E-state index in [1.54, 1.807) is 0 Å². The molecule has 1 fully saturated rings. The lowest BCUT2D eigenvalue weighted by Crippen LogP contribution is -2.52. The molecule has 0 bridgehead atoms. The Balaban J connectivity index is 2.86. The first-order valence-corrected chi connectivity index (χ1v) is 4.23. The fraction of sp³-hybridized carbons (Fsp3) is 0.800. The second-order valence-corrected chi connectivity index (χ2v) is 4.49. The first kappa shape index (κ1) is 9.57. The van der Waals surface area contributed by atoms with E-state index < -0.39 is 0 Å². The topological polar surface area (TPSA) is 12.5 Å². The van der Waals surface area contributed by atoms with Crippen molar-refractivity contribution in [3.63, 3.8) is 0 Å². The molecule has 1 heterocycles. The van der Waals surface area contributed by atoms with Crippen LogP contribution in [0.15, 0.2) is 0 Å². The molecule has 1 aliphatic rings. The smallest absolute Gasteiger partial charge is 0.105 e. The number of rotatable bonds is 0. The molecule has 0 aromatic carbocycles. The van der Waals surface area contributed by atoms with Crippen LogP contribution < -0.4 is 0 Å². The number of nitrogens with zero attached hydrogens (tertiary/aromatic N) is 1. The Morgan fingerprint density at radius 2 is 2.08 bits per heavy atom. The maximum absolute atomic E-state index is 5.48. The molecule has 0 aromatic heterocycles. The van der Waals surface area contributed by atoms with Crippen molar-refractivity contribution in [3.05, 3.63) is 0 Å². The first-order chi connectivity index (χ1) is 5.40. The van der Waals surface area contributed by atoms with Crippen LogP contribution in [0.1, 0.15) is 27.7 Å². The van der Waals surface area contributed by atoms with Gasteiger partial charge >= 0.3 is 0 Å². The second-order valence-electron chi connectivity index (χ2n) is 4.49. The summed E-state index contributed by atoms with van der Waals surface area (Å²) in [5.41, 5.74) is -0.143. The molecule has 1 rings (SSSR count). The molecule has 2 heteroatoms. The summed E-state index contributed by atoms with van der Waals surface area (Å²) in [7, 11) is 0. The van der Waals surface area contributed by atoms with Gasteiger partial charge in [0.05, 0.1) is 6.61 Å². The van der Waals surface area contributed by atoms with E-state index in [0.717, 1.165) is 0 Å². The zero-order chi connectivity index (χ0) is 9.41. The van der Waals surface area contributed by atoms with Gasteiger partial charge in [0.15, 0.2) is 0 Å². The zero-order valence-electron chi connectivity index (χ0n) is 8.35. The molecule has 68 valence electrons. The first-order valence-electron chi connectivity index (χ1n) is 4.23. The summed E-state index contributed by atoms with van der Waals surface area (Å²) >= 11 is 0. The van der Waals surface area contributed by atoms with Crippen molar-refractivity contribution in [2.45, 2.75) is 38.8 Å². The molecule has 0 aromatic rings. The van der Waals surface area contributed by atoms with Gasteiger partial charge in [-0.2, -0.15) is 0 Å². The SMILES string of the molecule is C#CC1(C)COCN1C(C)(C)C. The van der Waals surface area contributed by atoms with Crippen LogP contribution in [0.25, 0.3) is 0 Å². The highest BCUT2D eigenvalue weighted by Crippen LogP contribution is 2.29. The molecule has 1 aliphatic heterocycles. The molecule has 0 spiro atoms. The summed E-state index contributed by atoms with van der Waals surface area (Å²) in [6.07, 6.45) is 5.48. The van der Waals surface area contributed by atoms with Gasteiger partial charge < -0.3 is 4.74 Å². The van der Waals surface area contributed by atoms with Crippen molar-refractivity contribution in [3.8, 4) is 12.3 Å². The van der Waals surface area contributed by atoms with Gasteiger partial charge in [-0.3, -0.25) is 4.90 Å². The van der Waals surface area contributed by atoms with Crippen molar-refractivity contribution >= 4 is 0 Å². The molecule has 12 heavy (non-hydrogen) atoms. The number of terminal acetylenes is 1. The summed E-state index contributed by atoms with van der Waals surface area (Å²) in [6, 6.07) is 0. The predicted octanol–water partition coefficient (Wildman–Crippen LogP) is 1.47. The van der Waals surface area contributed by atoms with Gasteiger partial charge in [0.1, 0.15) is 12.3 Å². The van der Waals surface area contributed by atoms with Gasteiger partial charge in [-0.25, -0.2) is 0 Å². The fourth-order valence-electron chi connectivity index (χ4n) is 1.61. The van der Waals surface area contributed by atoms with Gasteiger partial charge in [0.25, 0.3) is 0 Å². The minimum absolute atomic E-state index is 0.0810. The fourth-order valence-corrected chi connectivity index (χ4v) is 1.61. The lowest BCUT2D eigenvalue weighted by Gasteiger charge is -2.39. The van der Waals surface area contributed by atoms with Crippen LogP contribution in [0, 0.1) is 12.3 Å². The molecule has 0 amide bonds. The van der Waals surface area contributed by atoms with Gasteiger partial charge in [-0.1, -0.05) is 5.92 Å². The highest BCUT2D eigenvalue weighted by atomic mass is 16.5. The maximum atomic E-state index is 5.48. The van der Waals surface area contributed by atoms with Crippen LogP contribution in [0.5, 0.6) is 0 Å². The molecule has 0 radical (unpaired) electrons. The molecular formula is C10H17NO. The molecule has 0 saturated carbocycles. The number of hydrogen-bond donors (Lipinski definition) is 0. The van der Waals surface area contributed by atoms with Crippen molar-refractivity contribution in [1.29, 1.82) is 0 Å². The quantitative estimate of drug-likeness (QED) is 0.506. The Hall–Kier alpha value is -0.520. The standard InChI is InChI=1S/C10H17NO/c1-6-10(5)7-12-8-11(10)9(2,3)4/h1H,7-8H2,2-5H3. The molecule has 2 nitrogen and oxygen atoms in total. The normalized spacial score (nSPS) is 31.9. The minimum Gasteiger partial charge on any atom is -0.363 e. The van der Waals surface area contributed by atoms with Crippen LogP contribution >= 0.6 is 0 Å². The second kappa shape index (κ2) is 2.76. The van der Waals surface area contributed by atoms with Crippen LogP contribution in [-0.4, -0.2) is 29.3 Å². The van der Waals surface area contributed by atoms with Crippen LogP contribution in [0.4, 0.5) is 0 Å². The van der Waals surface area contributed by atoms with Gasteiger partial charge in [0.2, 0.25) is 0 Å². The number of ether oxygens (including phenoxy) is 1. The third-order valence-corrected chi connectivity index (χ3v) is 2.32. The van der Waals surface area contributed by atoms with Gasteiger partial charge in [-0.15, -0.1) is 6.42 Å². The number of hydrogen-bond acceptors (Lipinski definition) is 2. The Labute approximate surface area is 74.9 Å². The maximum Gasteiger partial charge on any atom is 0.105 e. The minimum atomic E-state index is -0.224. The average Bonchev–Trinajstić information content (AvgIpc) is 2.31. The lowest BCUT2D eigenvalue weighted by atomic mass is 9.96. The molecular weight excluding hydrogens is 150 g/mol. The van der Waals surface area contributed by atoms with E-state index in [0.29, 0.717) is 13.3 Å². The average molecular weight is 167 g/mol. The van der Waals surface area contributed by atoms with Crippen LogP contribution in [0.2, 0.25) is 0 Å². The van der Waals surface area contributed by atoms with Crippen molar-refractivity contribution < 1.29 is 4.74 Å². The van der Waals surface area contributed by atoms with Crippen LogP contribution in [0.3, 0.4) is 0 Å². The Morgan fingerprint density at radius 1 is 1.50 bits per heavy atom. The van der Waals surface area contributed by atoms with E-state index in [9.17, 15) is 0 Å². The van der Waals surface area contributed by atoms with E-state index in [1.807, 2.05) is 6.92 Å². The summed E-state index contributed by atoms with van der Waals surface area (Å²) in [5, 5.41) is 0. The van der Waals surface area contributed by atoms with E-state index in [-0.39, 0.29) is 11.1 Å². The molecule has 1 unspecified atom stereocenters. The Bertz CT molecular complexity index is 211. The van der Waals surface area contributed by atoms with E-state index >= 15 is 0 Å². The van der Waals surface area contributed by atoms with E-state index in [1.165, 1.54) is 0 Å². The molecule has 1 atom stereocenters. The van der Waals surface area contributed by atoms with E-state index in [2.05, 4.69) is 31.6 Å². The van der Waals surface area contributed by atoms with Crippen LogP contribution in [-0.2, 0) is 4.74 Å². The highest BCUT2D eigenvalue weighted by Gasteiger charge is 2.41. The summed E-state index contributed by atoms with van der Waals surface area (Å²) in [6.45, 7) is 9.78. The summed E-state index contributed by atoms with van der Waals surface area (Å²) in [4.78, 5) is 2.21. The van der Waals surface area contributed by atoms with Gasteiger partial charge in [0, 0.05) is 5.54 Å². The van der Waals surface area contributed by atoms with Crippen molar-refractivity contribution in [1.82, 2.24) is 4.90 Å². The third kappa shape index (κ3) is 1.48. The summed E-state index contributed by atoms with van der Waals surface area (Å²) in [5.74, 6) is 2.80. The Kier molecular flexibility index (Phi) is 2.20. The monoisotopic (exact) mass is 167 g/mol. The van der Waals surface area contributed by atoms with Gasteiger partial charge in [-0.05, 0) is 27.7 Å². The Morgan fingerprint density at radius 3 is 2.42 bits per heavy atom. The van der Waals surface area contributed by atoms with E-state index in [4.69, 9.17) is 11.2 Å². The zero-order valence-corrected chi connectivity index (χ0v) is 8.35. The lowest BCUT2D eigenvalue weighted by molar-refractivity contribution is 0.0599. The largest absolute Gasteiger partial charge is 0.363 e. The highest BCUT2D eigenvalue weighted by molar-refractivity contribution is 5.15. The molecule has 0 aliphatic carbocycles. The third-order valence-electron chi connectivity index (χ3n) is 2.32. The summed E-state index contributed by atoms with van der Waals surface area (Å²) < 4.78 is 5.37.